The summed E-state index contributed by atoms with van der Waals surface area (Å²) in [5.41, 5.74) is 5.97. The zero-order chi connectivity index (χ0) is 19.8. The zero-order valence-electron chi connectivity index (χ0n) is 16.8. The predicted molar refractivity (Wildman–Crippen MR) is 123 cm³/mol. The lowest BCUT2D eigenvalue weighted by Crippen LogP contribution is -2.20. The molecule has 148 valence electrons. The van der Waals surface area contributed by atoms with Gasteiger partial charge in [0.2, 0.25) is 5.95 Å². The van der Waals surface area contributed by atoms with E-state index in [1.54, 1.807) is 0 Å². The van der Waals surface area contributed by atoms with E-state index < -0.39 is 0 Å². The van der Waals surface area contributed by atoms with E-state index in [-0.39, 0.29) is 0 Å². The van der Waals surface area contributed by atoms with Gasteiger partial charge in [0.15, 0.2) is 0 Å². The number of imidazole rings is 1. The second kappa shape index (κ2) is 8.08. The average Bonchev–Trinajstić information content (AvgIpc) is 2.94. The summed E-state index contributed by atoms with van der Waals surface area (Å²) in [5, 5.41) is 0.744. The Morgan fingerprint density at radius 1 is 1.11 bits per heavy atom. The first-order valence-electron chi connectivity index (χ1n) is 10.3. The molecular formula is C23H27BrClN3. The molecule has 1 aliphatic heterocycles. The van der Waals surface area contributed by atoms with Gasteiger partial charge in [-0.3, -0.25) is 0 Å². The highest BCUT2D eigenvalue weighted by molar-refractivity contribution is 9.10. The van der Waals surface area contributed by atoms with Crippen molar-refractivity contribution in [1.29, 1.82) is 0 Å². The Balaban J connectivity index is 1.96. The van der Waals surface area contributed by atoms with Crippen molar-refractivity contribution >= 4 is 50.2 Å². The minimum absolute atomic E-state index is 0.531. The number of halogens is 2. The maximum absolute atomic E-state index is 6.62. The number of hydrogen-bond donors (Lipinski definition) is 0. The smallest absolute Gasteiger partial charge is 0.211 e. The highest BCUT2D eigenvalue weighted by atomic mass is 79.9. The number of nitrogens with zero attached hydrogens (tertiary/aromatic N) is 3. The summed E-state index contributed by atoms with van der Waals surface area (Å²) in [4.78, 5) is 7.43. The minimum Gasteiger partial charge on any atom is -0.311 e. The van der Waals surface area contributed by atoms with Gasteiger partial charge >= 0.3 is 0 Å². The molecule has 28 heavy (non-hydrogen) atoms. The second-order valence-electron chi connectivity index (χ2n) is 7.72. The van der Waals surface area contributed by atoms with Crippen molar-refractivity contribution in [3.63, 3.8) is 0 Å². The number of aromatic nitrogens is 2. The summed E-state index contributed by atoms with van der Waals surface area (Å²) in [6.07, 6.45) is 4.54. The molecule has 0 fully saturated rings. The molecule has 0 unspecified atom stereocenters. The zero-order valence-corrected chi connectivity index (χ0v) is 19.1. The van der Waals surface area contributed by atoms with Gasteiger partial charge in [-0.05, 0) is 83.8 Å². The molecular weight excluding hydrogens is 434 g/mol. The third-order valence-electron chi connectivity index (χ3n) is 5.93. The van der Waals surface area contributed by atoms with Crippen LogP contribution in [0.3, 0.4) is 0 Å². The normalized spacial score (nSPS) is 14.6. The van der Waals surface area contributed by atoms with Crippen molar-refractivity contribution in [3.05, 3.63) is 51.0 Å². The Kier molecular flexibility index (Phi) is 5.71. The molecule has 0 radical (unpaired) electrons. The first kappa shape index (κ1) is 19.8. The molecule has 1 aromatic heterocycles. The van der Waals surface area contributed by atoms with Gasteiger partial charge in [-0.15, -0.1) is 0 Å². The van der Waals surface area contributed by atoms with Gasteiger partial charge in [-0.2, -0.15) is 0 Å². The van der Waals surface area contributed by atoms with Crippen LogP contribution in [0, 0.1) is 6.92 Å². The fourth-order valence-corrected chi connectivity index (χ4v) is 5.30. The Bertz CT molecular complexity index is 1010. The van der Waals surface area contributed by atoms with Crippen LogP contribution in [-0.4, -0.2) is 16.1 Å². The molecule has 1 aliphatic rings. The first-order valence-corrected chi connectivity index (χ1v) is 11.4. The van der Waals surface area contributed by atoms with Gasteiger partial charge in [0, 0.05) is 17.6 Å². The lowest BCUT2D eigenvalue weighted by atomic mass is 9.93. The van der Waals surface area contributed by atoms with Crippen molar-refractivity contribution in [1.82, 2.24) is 9.55 Å². The van der Waals surface area contributed by atoms with Gasteiger partial charge in [0.05, 0.1) is 16.2 Å². The van der Waals surface area contributed by atoms with E-state index in [1.165, 1.54) is 22.3 Å². The number of hydrogen-bond acceptors (Lipinski definition) is 2. The summed E-state index contributed by atoms with van der Waals surface area (Å²) < 4.78 is 3.52. The van der Waals surface area contributed by atoms with Gasteiger partial charge in [0.25, 0.3) is 0 Å². The quantitative estimate of drug-likeness (QED) is 0.400. The summed E-state index contributed by atoms with van der Waals surface area (Å²) in [7, 11) is 0. The number of rotatable bonds is 4. The topological polar surface area (TPSA) is 21.1 Å². The molecule has 5 heteroatoms. The molecule has 0 saturated carbocycles. The Hall–Kier alpha value is -1.52. The van der Waals surface area contributed by atoms with E-state index in [2.05, 4.69) is 70.4 Å². The van der Waals surface area contributed by atoms with E-state index in [0.29, 0.717) is 5.92 Å². The second-order valence-corrected chi connectivity index (χ2v) is 8.99. The van der Waals surface area contributed by atoms with E-state index in [9.17, 15) is 0 Å². The first-order chi connectivity index (χ1) is 13.5. The van der Waals surface area contributed by atoms with Gasteiger partial charge < -0.3 is 9.47 Å². The standard InChI is InChI=1S/C23H27BrClN3/c1-4-16(5-2)17-9-10-19(25)21-22(17)28-13-7-6-12-27(23(28)26-21)20-11-8-15(3)14-18(20)24/h8-11,14,16H,4-7,12-13H2,1-3H3. The molecule has 3 nitrogen and oxygen atoms in total. The highest BCUT2D eigenvalue weighted by Gasteiger charge is 2.26. The Labute approximate surface area is 180 Å². The van der Waals surface area contributed by atoms with Gasteiger partial charge in [0.1, 0.15) is 5.52 Å². The predicted octanol–water partition coefficient (Wildman–Crippen LogP) is 7.60. The lowest BCUT2D eigenvalue weighted by Gasteiger charge is -2.24. The van der Waals surface area contributed by atoms with Crippen LogP contribution in [0.25, 0.3) is 11.0 Å². The molecule has 0 spiro atoms. The van der Waals surface area contributed by atoms with Crippen LogP contribution < -0.4 is 4.90 Å². The van der Waals surface area contributed by atoms with Crippen molar-refractivity contribution in [2.24, 2.45) is 0 Å². The van der Waals surface area contributed by atoms with E-state index >= 15 is 0 Å². The van der Waals surface area contributed by atoms with Crippen LogP contribution in [0.1, 0.15) is 56.6 Å². The number of anilines is 2. The van der Waals surface area contributed by atoms with Gasteiger partial charge in [-0.25, -0.2) is 4.98 Å². The molecule has 0 aliphatic carbocycles. The molecule has 3 aromatic rings. The Morgan fingerprint density at radius 2 is 1.86 bits per heavy atom. The third kappa shape index (κ3) is 3.35. The molecule has 0 atom stereocenters. The van der Waals surface area contributed by atoms with Crippen molar-refractivity contribution < 1.29 is 0 Å². The maximum atomic E-state index is 6.62. The molecule has 0 amide bonds. The average molecular weight is 461 g/mol. The number of aryl methyl sites for hydroxylation is 2. The van der Waals surface area contributed by atoms with Crippen LogP contribution in [0.15, 0.2) is 34.8 Å². The van der Waals surface area contributed by atoms with Crippen molar-refractivity contribution in [3.8, 4) is 0 Å². The molecule has 4 rings (SSSR count). The molecule has 0 N–H and O–H groups in total. The van der Waals surface area contributed by atoms with Crippen LogP contribution >= 0.6 is 27.5 Å². The van der Waals surface area contributed by atoms with Gasteiger partial charge in [-0.1, -0.05) is 37.6 Å². The SMILES string of the molecule is CCC(CC)c1ccc(Cl)c2nc3n(c12)CCCCN3c1ccc(C)cc1Br. The molecule has 2 aromatic carbocycles. The van der Waals surface area contributed by atoms with Crippen molar-refractivity contribution in [2.45, 2.75) is 58.9 Å². The summed E-state index contributed by atoms with van der Waals surface area (Å²) in [6, 6.07) is 10.8. The third-order valence-corrected chi connectivity index (χ3v) is 6.87. The molecule has 0 bridgehead atoms. The van der Waals surface area contributed by atoms with Crippen LogP contribution in [0.2, 0.25) is 5.02 Å². The Morgan fingerprint density at radius 3 is 2.57 bits per heavy atom. The van der Waals surface area contributed by atoms with Crippen LogP contribution in [0.5, 0.6) is 0 Å². The van der Waals surface area contributed by atoms with E-state index in [1.807, 2.05) is 6.07 Å². The summed E-state index contributed by atoms with van der Waals surface area (Å²) in [6.45, 7) is 8.60. The summed E-state index contributed by atoms with van der Waals surface area (Å²) >= 11 is 10.4. The largest absolute Gasteiger partial charge is 0.311 e. The maximum Gasteiger partial charge on any atom is 0.211 e. The monoisotopic (exact) mass is 459 g/mol. The summed E-state index contributed by atoms with van der Waals surface area (Å²) in [5.74, 6) is 1.54. The van der Waals surface area contributed by atoms with E-state index in [4.69, 9.17) is 16.6 Å². The molecule has 0 saturated heterocycles. The van der Waals surface area contributed by atoms with Crippen LogP contribution in [0.4, 0.5) is 11.6 Å². The number of benzene rings is 2. The van der Waals surface area contributed by atoms with Crippen LogP contribution in [-0.2, 0) is 6.54 Å². The minimum atomic E-state index is 0.531. The highest BCUT2D eigenvalue weighted by Crippen LogP contribution is 2.40. The fraction of sp³-hybridized carbons (Fsp3) is 0.435. The molecule has 2 heterocycles. The van der Waals surface area contributed by atoms with E-state index in [0.717, 1.165) is 59.7 Å². The number of fused-ring (bicyclic) bond motifs is 3. The lowest BCUT2D eigenvalue weighted by molar-refractivity contribution is 0.632. The fourth-order valence-electron chi connectivity index (χ4n) is 4.40. The van der Waals surface area contributed by atoms with Crippen molar-refractivity contribution in [2.75, 3.05) is 11.4 Å².